The minimum Gasteiger partial charge on any atom is -0.461 e. The predicted molar refractivity (Wildman–Crippen MR) is 84.6 cm³/mol. The molecular weight excluding hydrogens is 279 g/mol. The standard InChI is InChI=1S/C19H25FO2/c20-12-2-1-3-14-4-6-15(7-5-14)16-8-10-17(11-9-16)18-13-19(21)22-18/h4-7,16-18H,1-3,8-13H2. The van der Waals surface area contributed by atoms with Crippen LogP contribution in [0.3, 0.4) is 0 Å². The van der Waals surface area contributed by atoms with E-state index in [1.807, 2.05) is 0 Å². The molecule has 2 nitrogen and oxygen atoms in total. The van der Waals surface area contributed by atoms with Crippen LogP contribution >= 0.6 is 0 Å². The molecule has 1 aliphatic carbocycles. The van der Waals surface area contributed by atoms with E-state index < -0.39 is 0 Å². The van der Waals surface area contributed by atoms with Gasteiger partial charge in [-0.25, -0.2) is 0 Å². The zero-order valence-corrected chi connectivity index (χ0v) is 13.1. The molecule has 0 radical (unpaired) electrons. The average Bonchev–Trinajstić information content (AvgIpc) is 2.53. The third-order valence-electron chi connectivity index (χ3n) is 5.25. The Balaban J connectivity index is 1.47. The molecule has 1 saturated heterocycles. The fourth-order valence-corrected chi connectivity index (χ4v) is 3.79. The molecule has 22 heavy (non-hydrogen) atoms. The zero-order valence-electron chi connectivity index (χ0n) is 13.1. The van der Waals surface area contributed by atoms with Gasteiger partial charge < -0.3 is 4.74 Å². The minimum atomic E-state index is -0.211. The highest BCUT2D eigenvalue weighted by molar-refractivity contribution is 5.75. The van der Waals surface area contributed by atoms with E-state index in [0.29, 0.717) is 24.7 Å². The molecule has 1 aromatic carbocycles. The third kappa shape index (κ3) is 3.68. The molecule has 1 heterocycles. The van der Waals surface area contributed by atoms with Crippen LogP contribution in [-0.4, -0.2) is 18.7 Å². The van der Waals surface area contributed by atoms with Crippen molar-refractivity contribution in [3.8, 4) is 0 Å². The van der Waals surface area contributed by atoms with Gasteiger partial charge in [-0.3, -0.25) is 9.18 Å². The highest BCUT2D eigenvalue weighted by Gasteiger charge is 2.37. The van der Waals surface area contributed by atoms with Gasteiger partial charge in [0.25, 0.3) is 0 Å². The molecule has 0 amide bonds. The number of rotatable bonds is 6. The lowest BCUT2D eigenvalue weighted by atomic mass is 9.75. The first-order valence-electron chi connectivity index (χ1n) is 8.60. The van der Waals surface area contributed by atoms with Gasteiger partial charge in [0, 0.05) is 0 Å². The summed E-state index contributed by atoms with van der Waals surface area (Å²) in [6, 6.07) is 8.90. The van der Waals surface area contributed by atoms with Crippen molar-refractivity contribution >= 4 is 5.97 Å². The molecule has 0 aromatic heterocycles. The first-order valence-corrected chi connectivity index (χ1v) is 8.60. The summed E-state index contributed by atoms with van der Waals surface area (Å²) >= 11 is 0. The smallest absolute Gasteiger partial charge is 0.309 e. The Labute approximate surface area is 132 Å². The maximum absolute atomic E-state index is 12.1. The second kappa shape index (κ2) is 7.26. The molecule has 1 saturated carbocycles. The van der Waals surface area contributed by atoms with Crippen molar-refractivity contribution in [2.45, 2.75) is 63.4 Å². The van der Waals surface area contributed by atoms with Gasteiger partial charge in [-0.15, -0.1) is 0 Å². The molecule has 0 bridgehead atoms. The quantitative estimate of drug-likeness (QED) is 0.568. The number of unbranched alkanes of at least 4 members (excludes halogenated alkanes) is 1. The SMILES string of the molecule is O=C1CC(C2CCC(c3ccc(CCCCF)cc3)CC2)O1. The summed E-state index contributed by atoms with van der Waals surface area (Å²) in [7, 11) is 0. The molecule has 0 N–H and O–H groups in total. The molecule has 120 valence electrons. The van der Waals surface area contributed by atoms with Crippen LogP contribution in [0, 0.1) is 5.92 Å². The summed E-state index contributed by atoms with van der Waals surface area (Å²) in [6.07, 6.45) is 8.12. The number of hydrogen-bond acceptors (Lipinski definition) is 2. The van der Waals surface area contributed by atoms with Crippen molar-refractivity contribution in [1.29, 1.82) is 0 Å². The Bertz CT molecular complexity index is 481. The van der Waals surface area contributed by atoms with Crippen molar-refractivity contribution in [2.24, 2.45) is 5.92 Å². The van der Waals surface area contributed by atoms with E-state index in [0.717, 1.165) is 12.8 Å². The fraction of sp³-hybridized carbons (Fsp3) is 0.632. The molecule has 1 aromatic rings. The summed E-state index contributed by atoms with van der Waals surface area (Å²) in [5.74, 6) is 1.19. The number of ether oxygens (including phenoxy) is 1. The lowest BCUT2D eigenvalue weighted by molar-refractivity contribution is -0.176. The Morgan fingerprint density at radius 1 is 1.05 bits per heavy atom. The van der Waals surface area contributed by atoms with Gasteiger partial charge in [0.05, 0.1) is 13.1 Å². The van der Waals surface area contributed by atoms with Gasteiger partial charge in [0.15, 0.2) is 0 Å². The number of halogens is 1. The number of benzene rings is 1. The van der Waals surface area contributed by atoms with Gasteiger partial charge >= 0.3 is 5.97 Å². The molecule has 1 atom stereocenters. The molecule has 0 spiro atoms. The fourth-order valence-electron chi connectivity index (χ4n) is 3.79. The van der Waals surface area contributed by atoms with Crippen LogP contribution in [0.25, 0.3) is 0 Å². The summed E-state index contributed by atoms with van der Waals surface area (Å²) in [6.45, 7) is -0.211. The minimum absolute atomic E-state index is 0.0320. The van der Waals surface area contributed by atoms with Crippen LogP contribution in [0.1, 0.15) is 62.0 Å². The molecule has 1 aliphatic heterocycles. The van der Waals surface area contributed by atoms with Crippen molar-refractivity contribution in [2.75, 3.05) is 6.67 Å². The van der Waals surface area contributed by atoms with Gasteiger partial charge in [0.2, 0.25) is 0 Å². The van der Waals surface area contributed by atoms with Crippen molar-refractivity contribution in [3.63, 3.8) is 0 Å². The number of cyclic esters (lactones) is 1. The highest BCUT2D eigenvalue weighted by atomic mass is 19.1. The molecule has 3 heteroatoms. The van der Waals surface area contributed by atoms with E-state index in [-0.39, 0.29) is 18.7 Å². The maximum atomic E-state index is 12.1. The zero-order chi connectivity index (χ0) is 15.4. The van der Waals surface area contributed by atoms with Crippen molar-refractivity contribution < 1.29 is 13.9 Å². The van der Waals surface area contributed by atoms with Crippen LogP contribution < -0.4 is 0 Å². The van der Waals surface area contributed by atoms with Gasteiger partial charge in [-0.1, -0.05) is 24.3 Å². The van der Waals surface area contributed by atoms with Gasteiger partial charge in [0.1, 0.15) is 6.10 Å². The van der Waals surface area contributed by atoms with Crippen LogP contribution in [-0.2, 0) is 16.0 Å². The predicted octanol–water partition coefficient (Wildman–Crippen LogP) is 4.57. The molecule has 3 rings (SSSR count). The summed E-state index contributed by atoms with van der Waals surface area (Å²) in [4.78, 5) is 10.9. The number of carbonyl (C=O) groups excluding carboxylic acids is 1. The summed E-state index contributed by atoms with van der Waals surface area (Å²) in [5.41, 5.74) is 2.74. The van der Waals surface area contributed by atoms with E-state index in [1.54, 1.807) is 0 Å². The number of hydrogen-bond donors (Lipinski definition) is 0. The van der Waals surface area contributed by atoms with Gasteiger partial charge in [-0.05, 0) is 67.9 Å². The first kappa shape index (κ1) is 15.5. The highest BCUT2D eigenvalue weighted by Crippen LogP contribution is 2.40. The van der Waals surface area contributed by atoms with Crippen molar-refractivity contribution in [1.82, 2.24) is 0 Å². The Kier molecular flexibility index (Phi) is 5.12. The Morgan fingerprint density at radius 3 is 2.32 bits per heavy atom. The van der Waals surface area contributed by atoms with Crippen LogP contribution in [0.5, 0.6) is 0 Å². The van der Waals surface area contributed by atoms with E-state index in [1.165, 1.54) is 36.8 Å². The molecule has 1 unspecified atom stereocenters. The largest absolute Gasteiger partial charge is 0.461 e. The second-order valence-electron chi connectivity index (χ2n) is 6.73. The summed E-state index contributed by atoms with van der Waals surface area (Å²) < 4.78 is 17.3. The topological polar surface area (TPSA) is 26.3 Å². The number of carbonyl (C=O) groups is 1. The Morgan fingerprint density at radius 2 is 1.73 bits per heavy atom. The molecule has 2 aliphatic rings. The summed E-state index contributed by atoms with van der Waals surface area (Å²) in [5, 5.41) is 0. The second-order valence-corrected chi connectivity index (χ2v) is 6.73. The first-order chi connectivity index (χ1) is 10.8. The number of esters is 1. The van der Waals surface area contributed by atoms with E-state index in [9.17, 15) is 9.18 Å². The lowest BCUT2D eigenvalue weighted by Crippen LogP contribution is -2.40. The normalized spacial score (nSPS) is 28.0. The third-order valence-corrected chi connectivity index (χ3v) is 5.25. The van der Waals surface area contributed by atoms with Crippen LogP contribution in [0.4, 0.5) is 4.39 Å². The average molecular weight is 304 g/mol. The molecule has 2 fully saturated rings. The van der Waals surface area contributed by atoms with E-state index >= 15 is 0 Å². The number of aryl methyl sites for hydroxylation is 1. The van der Waals surface area contributed by atoms with Gasteiger partial charge in [-0.2, -0.15) is 0 Å². The monoisotopic (exact) mass is 304 g/mol. The number of alkyl halides is 1. The lowest BCUT2D eigenvalue weighted by Gasteiger charge is -2.37. The Hall–Kier alpha value is -1.38. The maximum Gasteiger partial charge on any atom is 0.309 e. The van der Waals surface area contributed by atoms with E-state index in [4.69, 9.17) is 4.74 Å². The molecular formula is C19H25FO2. The van der Waals surface area contributed by atoms with Crippen LogP contribution in [0.15, 0.2) is 24.3 Å². The van der Waals surface area contributed by atoms with E-state index in [2.05, 4.69) is 24.3 Å². The van der Waals surface area contributed by atoms with Crippen LogP contribution in [0.2, 0.25) is 0 Å². The van der Waals surface area contributed by atoms with Crippen molar-refractivity contribution in [3.05, 3.63) is 35.4 Å².